The maximum atomic E-state index is 10.9. The third kappa shape index (κ3) is 2.45. The monoisotopic (exact) mass is 203 g/mol. The molecule has 0 aromatic carbocycles. The number of carboxylic acid groups (broad SMARTS) is 1. The van der Waals surface area contributed by atoms with Crippen LogP contribution in [0.25, 0.3) is 0 Å². The Balaban J connectivity index is 2.58. The van der Waals surface area contributed by atoms with Crippen LogP contribution in [-0.2, 0) is 4.79 Å². The Kier molecular flexibility index (Phi) is 3.75. The van der Waals surface area contributed by atoms with Gasteiger partial charge in [0.2, 0.25) is 0 Å². The summed E-state index contributed by atoms with van der Waals surface area (Å²) in [4.78, 5) is 12.8. The number of rotatable bonds is 3. The van der Waals surface area contributed by atoms with Crippen LogP contribution < -0.4 is 0 Å². The van der Waals surface area contributed by atoms with E-state index in [4.69, 9.17) is 16.7 Å². The number of hydrogen-bond donors (Lipinski definition) is 1. The second kappa shape index (κ2) is 4.63. The van der Waals surface area contributed by atoms with E-state index in [0.717, 1.165) is 13.0 Å². The van der Waals surface area contributed by atoms with Crippen molar-refractivity contribution in [3.8, 4) is 0 Å². The van der Waals surface area contributed by atoms with E-state index >= 15 is 0 Å². The standard InChI is InChI=1S/C9H14ClNO2/c1-7-3-6-11(5-2-4-10)8(7)9(12)13/h2,4,7-8H,3,5-6H2,1H3,(H,12,13)/b4-2+. The number of likely N-dealkylation sites (tertiary alicyclic amines) is 1. The zero-order valence-corrected chi connectivity index (χ0v) is 8.37. The second-order valence-corrected chi connectivity index (χ2v) is 3.66. The van der Waals surface area contributed by atoms with Crippen LogP contribution in [0.5, 0.6) is 0 Å². The number of halogens is 1. The Morgan fingerprint density at radius 3 is 3.00 bits per heavy atom. The van der Waals surface area contributed by atoms with Crippen LogP contribution in [0.2, 0.25) is 0 Å². The van der Waals surface area contributed by atoms with Crippen molar-refractivity contribution in [1.29, 1.82) is 0 Å². The number of nitrogens with zero attached hydrogens (tertiary/aromatic N) is 1. The van der Waals surface area contributed by atoms with Gasteiger partial charge in [-0.2, -0.15) is 0 Å². The van der Waals surface area contributed by atoms with Crippen LogP contribution in [-0.4, -0.2) is 35.1 Å². The molecule has 13 heavy (non-hydrogen) atoms. The first-order valence-electron chi connectivity index (χ1n) is 4.39. The van der Waals surface area contributed by atoms with Crippen molar-refractivity contribution in [2.45, 2.75) is 19.4 Å². The molecule has 0 aliphatic carbocycles. The smallest absolute Gasteiger partial charge is 0.321 e. The SMILES string of the molecule is CC1CCN(C/C=C/Cl)C1C(=O)O. The minimum Gasteiger partial charge on any atom is -0.480 e. The van der Waals surface area contributed by atoms with Crippen molar-refractivity contribution in [3.05, 3.63) is 11.6 Å². The molecule has 2 unspecified atom stereocenters. The van der Waals surface area contributed by atoms with Crippen molar-refractivity contribution in [2.75, 3.05) is 13.1 Å². The van der Waals surface area contributed by atoms with Crippen molar-refractivity contribution in [1.82, 2.24) is 4.90 Å². The molecule has 0 spiro atoms. The van der Waals surface area contributed by atoms with E-state index in [1.807, 2.05) is 11.8 Å². The summed E-state index contributed by atoms with van der Waals surface area (Å²) in [5, 5.41) is 8.95. The minimum absolute atomic E-state index is 0.237. The van der Waals surface area contributed by atoms with E-state index in [9.17, 15) is 4.79 Å². The van der Waals surface area contributed by atoms with Gasteiger partial charge in [0.05, 0.1) is 0 Å². The molecule has 1 heterocycles. The van der Waals surface area contributed by atoms with Gasteiger partial charge in [0.1, 0.15) is 6.04 Å². The second-order valence-electron chi connectivity index (χ2n) is 3.41. The highest BCUT2D eigenvalue weighted by Gasteiger charge is 2.35. The molecule has 3 nitrogen and oxygen atoms in total. The number of carboxylic acids is 1. The fourth-order valence-electron chi connectivity index (χ4n) is 1.81. The van der Waals surface area contributed by atoms with E-state index in [1.54, 1.807) is 6.08 Å². The highest BCUT2D eigenvalue weighted by molar-refractivity contribution is 6.25. The van der Waals surface area contributed by atoms with E-state index < -0.39 is 5.97 Å². The van der Waals surface area contributed by atoms with Crippen LogP contribution in [0.15, 0.2) is 11.6 Å². The molecule has 2 atom stereocenters. The summed E-state index contributed by atoms with van der Waals surface area (Å²) in [5.74, 6) is -0.491. The predicted octanol–water partition coefficient (Wildman–Crippen LogP) is 1.53. The van der Waals surface area contributed by atoms with Gasteiger partial charge in [0.25, 0.3) is 0 Å². The highest BCUT2D eigenvalue weighted by Crippen LogP contribution is 2.23. The fraction of sp³-hybridized carbons (Fsp3) is 0.667. The van der Waals surface area contributed by atoms with Gasteiger partial charge in [-0.1, -0.05) is 24.6 Å². The highest BCUT2D eigenvalue weighted by atomic mass is 35.5. The molecule has 1 saturated heterocycles. The van der Waals surface area contributed by atoms with Gasteiger partial charge in [0.15, 0.2) is 0 Å². The summed E-state index contributed by atoms with van der Waals surface area (Å²) in [6.45, 7) is 3.45. The molecule has 0 aromatic heterocycles. The van der Waals surface area contributed by atoms with Crippen LogP contribution in [0.4, 0.5) is 0 Å². The van der Waals surface area contributed by atoms with Crippen LogP contribution in [0, 0.1) is 5.92 Å². The summed E-state index contributed by atoms with van der Waals surface area (Å²) in [5.41, 5.74) is 1.43. The van der Waals surface area contributed by atoms with Gasteiger partial charge in [0, 0.05) is 12.1 Å². The lowest BCUT2D eigenvalue weighted by atomic mass is 10.0. The van der Waals surface area contributed by atoms with Gasteiger partial charge in [-0.25, -0.2) is 0 Å². The van der Waals surface area contributed by atoms with E-state index in [0.29, 0.717) is 6.54 Å². The molecule has 0 radical (unpaired) electrons. The average Bonchev–Trinajstić information content (AvgIpc) is 2.43. The molecule has 0 saturated carbocycles. The minimum atomic E-state index is -0.729. The number of hydrogen-bond acceptors (Lipinski definition) is 2. The maximum absolute atomic E-state index is 10.9. The van der Waals surface area contributed by atoms with Gasteiger partial charge >= 0.3 is 5.97 Å². The van der Waals surface area contributed by atoms with Gasteiger partial charge in [-0.05, 0) is 18.9 Å². The topological polar surface area (TPSA) is 40.5 Å². The Morgan fingerprint density at radius 2 is 2.46 bits per heavy atom. The zero-order valence-electron chi connectivity index (χ0n) is 7.61. The summed E-state index contributed by atoms with van der Waals surface area (Å²) < 4.78 is 0. The largest absolute Gasteiger partial charge is 0.480 e. The quantitative estimate of drug-likeness (QED) is 0.757. The molecule has 1 rings (SSSR count). The average molecular weight is 204 g/mol. The van der Waals surface area contributed by atoms with Gasteiger partial charge in [-0.3, -0.25) is 9.69 Å². The lowest BCUT2D eigenvalue weighted by Crippen LogP contribution is -2.38. The summed E-state index contributed by atoms with van der Waals surface area (Å²) >= 11 is 5.39. The molecule has 0 amide bonds. The van der Waals surface area contributed by atoms with Crippen LogP contribution >= 0.6 is 11.6 Å². The Hall–Kier alpha value is -0.540. The van der Waals surface area contributed by atoms with Gasteiger partial charge < -0.3 is 5.11 Å². The predicted molar refractivity (Wildman–Crippen MR) is 51.8 cm³/mol. The number of aliphatic carboxylic acids is 1. The first kappa shape index (κ1) is 10.5. The molecule has 0 aromatic rings. The molecule has 4 heteroatoms. The summed E-state index contributed by atoms with van der Waals surface area (Å²) in [6, 6.07) is -0.340. The Labute approximate surface area is 83.0 Å². The molecule has 1 fully saturated rings. The zero-order chi connectivity index (χ0) is 9.84. The molecule has 0 bridgehead atoms. The molecule has 1 aliphatic heterocycles. The number of carbonyl (C=O) groups is 1. The normalized spacial score (nSPS) is 30.0. The lowest BCUT2D eigenvalue weighted by molar-refractivity contribution is -0.143. The third-order valence-corrected chi connectivity index (χ3v) is 2.66. The van der Waals surface area contributed by atoms with Crippen molar-refractivity contribution < 1.29 is 9.90 Å². The van der Waals surface area contributed by atoms with Crippen molar-refractivity contribution >= 4 is 17.6 Å². The fourth-order valence-corrected chi connectivity index (χ4v) is 1.89. The van der Waals surface area contributed by atoms with Crippen molar-refractivity contribution in [3.63, 3.8) is 0 Å². The first-order chi connectivity index (χ1) is 6.16. The molecular weight excluding hydrogens is 190 g/mol. The molecular formula is C9H14ClNO2. The van der Waals surface area contributed by atoms with E-state index in [-0.39, 0.29) is 12.0 Å². The third-order valence-electron chi connectivity index (χ3n) is 2.49. The lowest BCUT2D eigenvalue weighted by Gasteiger charge is -2.21. The van der Waals surface area contributed by atoms with Gasteiger partial charge in [-0.15, -0.1) is 0 Å². The molecule has 1 aliphatic rings. The Morgan fingerprint density at radius 1 is 1.77 bits per heavy atom. The van der Waals surface area contributed by atoms with E-state index in [2.05, 4.69) is 0 Å². The first-order valence-corrected chi connectivity index (χ1v) is 4.82. The summed E-state index contributed by atoms with van der Waals surface area (Å²) in [7, 11) is 0. The Bertz CT molecular complexity index is 218. The van der Waals surface area contributed by atoms with Crippen molar-refractivity contribution in [2.24, 2.45) is 5.92 Å². The maximum Gasteiger partial charge on any atom is 0.321 e. The summed E-state index contributed by atoms with van der Waals surface area (Å²) in [6.07, 6.45) is 2.72. The van der Waals surface area contributed by atoms with Crippen LogP contribution in [0.1, 0.15) is 13.3 Å². The molecule has 1 N–H and O–H groups in total. The van der Waals surface area contributed by atoms with E-state index in [1.165, 1.54) is 5.54 Å². The van der Waals surface area contributed by atoms with Crippen LogP contribution in [0.3, 0.4) is 0 Å². The molecule has 74 valence electrons.